The zero-order valence-electron chi connectivity index (χ0n) is 16.1. The fourth-order valence-corrected chi connectivity index (χ4v) is 3.67. The Bertz CT molecular complexity index is 631. The van der Waals surface area contributed by atoms with Gasteiger partial charge in [0, 0.05) is 31.6 Å². The lowest BCUT2D eigenvalue weighted by molar-refractivity contribution is -0.116. The number of piperidine rings is 1. The Kier molecular flexibility index (Phi) is 7.91. The van der Waals surface area contributed by atoms with Crippen LogP contribution in [0.1, 0.15) is 49.9 Å². The van der Waals surface area contributed by atoms with Gasteiger partial charge < -0.3 is 15.1 Å². The van der Waals surface area contributed by atoms with Crippen molar-refractivity contribution in [1.82, 2.24) is 9.80 Å². The monoisotopic (exact) mass is 379 g/mol. The normalized spacial score (nSPS) is 17.8. The van der Waals surface area contributed by atoms with Crippen LogP contribution in [0.2, 0.25) is 5.02 Å². The molecule has 1 aromatic rings. The molecule has 1 aromatic carbocycles. The number of nitrogens with one attached hydrogen (secondary N) is 1. The fraction of sp³-hybridized carbons (Fsp3) is 0.600. The van der Waals surface area contributed by atoms with Crippen molar-refractivity contribution < 1.29 is 9.59 Å². The van der Waals surface area contributed by atoms with Crippen LogP contribution in [0.4, 0.5) is 5.69 Å². The Labute approximate surface area is 161 Å². The summed E-state index contributed by atoms with van der Waals surface area (Å²) in [5, 5.41) is 3.33. The van der Waals surface area contributed by atoms with Crippen molar-refractivity contribution in [3.8, 4) is 0 Å². The maximum Gasteiger partial charge on any atom is 0.253 e. The number of carbonyl (C=O) groups excluding carboxylic acids is 2. The molecule has 1 atom stereocenters. The third-order valence-corrected chi connectivity index (χ3v) is 5.37. The standard InChI is InChI=1S/C20H30ClN3O2/c1-4-24(5-2)20(26)16-9-10-17(21)18(13-16)22-19(25)11-8-15-7-6-12-23(3)14-15/h9-10,13,15H,4-8,11-12,14H2,1-3H3,(H,22,25). The van der Waals surface area contributed by atoms with Gasteiger partial charge in [-0.2, -0.15) is 0 Å². The van der Waals surface area contributed by atoms with E-state index in [1.165, 1.54) is 12.8 Å². The third-order valence-electron chi connectivity index (χ3n) is 5.04. The van der Waals surface area contributed by atoms with E-state index in [0.717, 1.165) is 19.5 Å². The highest BCUT2D eigenvalue weighted by atomic mass is 35.5. The van der Waals surface area contributed by atoms with Crippen molar-refractivity contribution in [2.45, 2.75) is 39.5 Å². The highest BCUT2D eigenvalue weighted by molar-refractivity contribution is 6.33. The summed E-state index contributed by atoms with van der Waals surface area (Å²) in [5.74, 6) is 0.477. The Morgan fingerprint density at radius 3 is 2.69 bits per heavy atom. The lowest BCUT2D eigenvalue weighted by Gasteiger charge is -2.29. The van der Waals surface area contributed by atoms with Gasteiger partial charge in [-0.3, -0.25) is 9.59 Å². The lowest BCUT2D eigenvalue weighted by atomic mass is 9.93. The minimum absolute atomic E-state index is 0.0486. The molecule has 1 unspecified atom stereocenters. The molecule has 1 saturated heterocycles. The number of rotatable bonds is 7. The molecule has 0 spiro atoms. The van der Waals surface area contributed by atoms with E-state index in [4.69, 9.17) is 11.6 Å². The summed E-state index contributed by atoms with van der Waals surface area (Å²) in [6.45, 7) is 7.39. The second kappa shape index (κ2) is 9.93. The summed E-state index contributed by atoms with van der Waals surface area (Å²) >= 11 is 6.21. The molecule has 2 amide bonds. The summed E-state index contributed by atoms with van der Waals surface area (Å²) in [6, 6.07) is 5.05. The molecule has 1 aliphatic rings. The average Bonchev–Trinajstić information content (AvgIpc) is 2.63. The van der Waals surface area contributed by atoms with Gasteiger partial charge in [0.05, 0.1) is 10.7 Å². The maximum absolute atomic E-state index is 12.5. The number of nitrogens with zero attached hydrogens (tertiary/aromatic N) is 2. The zero-order chi connectivity index (χ0) is 19.1. The number of hydrogen-bond donors (Lipinski definition) is 1. The van der Waals surface area contributed by atoms with Gasteiger partial charge in [-0.05, 0) is 70.8 Å². The molecule has 1 aliphatic heterocycles. The quantitative estimate of drug-likeness (QED) is 0.782. The molecule has 0 radical (unpaired) electrons. The van der Waals surface area contributed by atoms with Crippen LogP contribution in [0.3, 0.4) is 0 Å². The number of carbonyl (C=O) groups is 2. The predicted octanol–water partition coefficient (Wildman–Crippen LogP) is 3.88. The zero-order valence-corrected chi connectivity index (χ0v) is 16.8. The first-order chi connectivity index (χ1) is 12.4. The van der Waals surface area contributed by atoms with E-state index >= 15 is 0 Å². The summed E-state index contributed by atoms with van der Waals surface area (Å²) in [4.78, 5) is 28.9. The van der Waals surface area contributed by atoms with E-state index < -0.39 is 0 Å². The molecule has 2 rings (SSSR count). The molecular formula is C20H30ClN3O2. The number of anilines is 1. The van der Waals surface area contributed by atoms with E-state index in [0.29, 0.717) is 41.7 Å². The van der Waals surface area contributed by atoms with Crippen molar-refractivity contribution in [1.29, 1.82) is 0 Å². The molecule has 5 nitrogen and oxygen atoms in total. The Morgan fingerprint density at radius 2 is 2.04 bits per heavy atom. The van der Waals surface area contributed by atoms with Crippen LogP contribution in [0.15, 0.2) is 18.2 Å². The van der Waals surface area contributed by atoms with E-state index in [9.17, 15) is 9.59 Å². The topological polar surface area (TPSA) is 52.7 Å². The number of likely N-dealkylation sites (tertiary alicyclic amines) is 1. The molecular weight excluding hydrogens is 350 g/mol. The summed E-state index contributed by atoms with van der Waals surface area (Å²) in [7, 11) is 2.13. The molecule has 0 bridgehead atoms. The van der Waals surface area contributed by atoms with Gasteiger partial charge in [0.25, 0.3) is 5.91 Å². The minimum Gasteiger partial charge on any atom is -0.339 e. The highest BCUT2D eigenvalue weighted by Gasteiger charge is 2.19. The maximum atomic E-state index is 12.5. The molecule has 6 heteroatoms. The molecule has 1 heterocycles. The largest absolute Gasteiger partial charge is 0.339 e. The number of halogens is 1. The lowest BCUT2D eigenvalue weighted by Crippen LogP contribution is -2.32. The molecule has 144 valence electrons. The van der Waals surface area contributed by atoms with Gasteiger partial charge in [-0.25, -0.2) is 0 Å². The first-order valence-corrected chi connectivity index (χ1v) is 9.89. The second-order valence-corrected chi connectivity index (χ2v) is 7.44. The van der Waals surface area contributed by atoms with Crippen LogP contribution in [0.5, 0.6) is 0 Å². The average molecular weight is 380 g/mol. The smallest absolute Gasteiger partial charge is 0.253 e. The number of amides is 2. The van der Waals surface area contributed by atoms with Crippen molar-refractivity contribution in [2.24, 2.45) is 5.92 Å². The molecule has 1 N–H and O–H groups in total. The predicted molar refractivity (Wildman–Crippen MR) is 107 cm³/mol. The van der Waals surface area contributed by atoms with Crippen LogP contribution >= 0.6 is 11.6 Å². The van der Waals surface area contributed by atoms with E-state index in [1.807, 2.05) is 13.8 Å². The van der Waals surface area contributed by atoms with Gasteiger partial charge >= 0.3 is 0 Å². The summed E-state index contributed by atoms with van der Waals surface area (Å²) in [6.07, 6.45) is 3.74. The second-order valence-electron chi connectivity index (χ2n) is 7.03. The first kappa shape index (κ1) is 20.7. The molecule has 1 fully saturated rings. The van der Waals surface area contributed by atoms with Crippen molar-refractivity contribution in [3.05, 3.63) is 28.8 Å². The van der Waals surface area contributed by atoms with E-state index in [1.54, 1.807) is 23.1 Å². The van der Waals surface area contributed by atoms with Crippen LogP contribution in [0.25, 0.3) is 0 Å². The van der Waals surface area contributed by atoms with Crippen molar-refractivity contribution in [2.75, 3.05) is 38.5 Å². The van der Waals surface area contributed by atoms with Gasteiger partial charge in [0.1, 0.15) is 0 Å². The van der Waals surface area contributed by atoms with Gasteiger partial charge in [-0.15, -0.1) is 0 Å². The molecule has 26 heavy (non-hydrogen) atoms. The molecule has 0 saturated carbocycles. The van der Waals surface area contributed by atoms with Crippen LogP contribution in [-0.4, -0.2) is 54.8 Å². The first-order valence-electron chi connectivity index (χ1n) is 9.51. The van der Waals surface area contributed by atoms with E-state index in [-0.39, 0.29) is 11.8 Å². The van der Waals surface area contributed by atoms with Crippen LogP contribution in [-0.2, 0) is 4.79 Å². The molecule has 0 aromatic heterocycles. The molecule has 0 aliphatic carbocycles. The summed E-state index contributed by atoms with van der Waals surface area (Å²) < 4.78 is 0. The van der Waals surface area contributed by atoms with Gasteiger partial charge in [0.15, 0.2) is 0 Å². The summed E-state index contributed by atoms with van der Waals surface area (Å²) in [5.41, 5.74) is 1.05. The Balaban J connectivity index is 1.96. The number of benzene rings is 1. The third kappa shape index (κ3) is 5.71. The fourth-order valence-electron chi connectivity index (χ4n) is 3.50. The van der Waals surface area contributed by atoms with Gasteiger partial charge in [0.2, 0.25) is 5.91 Å². The Morgan fingerprint density at radius 1 is 1.31 bits per heavy atom. The van der Waals surface area contributed by atoms with Crippen LogP contribution < -0.4 is 5.32 Å². The minimum atomic E-state index is -0.0487. The van der Waals surface area contributed by atoms with E-state index in [2.05, 4.69) is 17.3 Å². The van der Waals surface area contributed by atoms with Crippen molar-refractivity contribution in [3.63, 3.8) is 0 Å². The van der Waals surface area contributed by atoms with Crippen molar-refractivity contribution >= 4 is 29.1 Å². The van der Waals surface area contributed by atoms with Gasteiger partial charge in [-0.1, -0.05) is 11.6 Å². The van der Waals surface area contributed by atoms with Crippen LogP contribution in [0, 0.1) is 5.92 Å². The highest BCUT2D eigenvalue weighted by Crippen LogP contribution is 2.25. The number of hydrogen-bond acceptors (Lipinski definition) is 3. The Hall–Kier alpha value is -1.59. The SMILES string of the molecule is CCN(CC)C(=O)c1ccc(Cl)c(NC(=O)CCC2CCCN(C)C2)c1.